The molecule has 1 fully saturated rings. The molecular weight excluding hydrogens is 281 g/mol. The van der Waals surface area contributed by atoms with Crippen LogP contribution in [0.1, 0.15) is 35.7 Å². The van der Waals surface area contributed by atoms with Crippen molar-refractivity contribution in [3.05, 3.63) is 29.3 Å². The second-order valence-corrected chi connectivity index (χ2v) is 5.51. The second kappa shape index (κ2) is 5.95. The van der Waals surface area contributed by atoms with Gasteiger partial charge in [-0.1, -0.05) is 6.92 Å². The van der Waals surface area contributed by atoms with E-state index < -0.39 is 11.7 Å². The minimum Gasteiger partial charge on any atom is -0.387 e. The van der Waals surface area contributed by atoms with Crippen molar-refractivity contribution in [1.82, 2.24) is 4.90 Å². The van der Waals surface area contributed by atoms with Crippen molar-refractivity contribution in [2.45, 2.75) is 25.9 Å². The SMILES string of the molecule is CNc1ccc(C(F)(F)F)cc1C(=O)N1CCCC(C)C1. The lowest BCUT2D eigenvalue weighted by atomic mass is 9.98. The van der Waals surface area contributed by atoms with Gasteiger partial charge in [-0.2, -0.15) is 13.2 Å². The van der Waals surface area contributed by atoms with E-state index in [-0.39, 0.29) is 11.5 Å². The van der Waals surface area contributed by atoms with Crippen LogP contribution in [0.5, 0.6) is 0 Å². The summed E-state index contributed by atoms with van der Waals surface area (Å²) in [7, 11) is 1.60. The minimum atomic E-state index is -4.45. The van der Waals surface area contributed by atoms with Crippen molar-refractivity contribution in [2.75, 3.05) is 25.5 Å². The number of alkyl halides is 3. The van der Waals surface area contributed by atoms with Crippen LogP contribution in [-0.2, 0) is 6.18 Å². The predicted molar refractivity (Wildman–Crippen MR) is 75.3 cm³/mol. The van der Waals surface area contributed by atoms with Crippen LogP contribution in [0, 0.1) is 5.92 Å². The molecular formula is C15H19F3N2O. The Kier molecular flexibility index (Phi) is 4.44. The van der Waals surface area contributed by atoms with Crippen LogP contribution in [0.2, 0.25) is 0 Å². The van der Waals surface area contributed by atoms with Crippen LogP contribution in [0.15, 0.2) is 18.2 Å². The highest BCUT2D eigenvalue weighted by Gasteiger charge is 2.32. The van der Waals surface area contributed by atoms with Gasteiger partial charge in [-0.3, -0.25) is 4.79 Å². The first-order valence-corrected chi connectivity index (χ1v) is 7.01. The average molecular weight is 300 g/mol. The molecule has 116 valence electrons. The monoisotopic (exact) mass is 300 g/mol. The summed E-state index contributed by atoms with van der Waals surface area (Å²) < 4.78 is 38.5. The third-order valence-electron chi connectivity index (χ3n) is 3.79. The summed E-state index contributed by atoms with van der Waals surface area (Å²) in [6.07, 6.45) is -2.51. The lowest BCUT2D eigenvalue weighted by molar-refractivity contribution is -0.137. The summed E-state index contributed by atoms with van der Waals surface area (Å²) in [6.45, 7) is 3.24. The molecule has 1 aliphatic rings. The third-order valence-corrected chi connectivity index (χ3v) is 3.79. The molecule has 0 aromatic heterocycles. The molecule has 1 aliphatic heterocycles. The van der Waals surface area contributed by atoms with Crippen LogP contribution < -0.4 is 5.32 Å². The van der Waals surface area contributed by atoms with Crippen molar-refractivity contribution in [2.24, 2.45) is 5.92 Å². The van der Waals surface area contributed by atoms with E-state index in [9.17, 15) is 18.0 Å². The molecule has 0 saturated carbocycles. The van der Waals surface area contributed by atoms with Gasteiger partial charge in [0.25, 0.3) is 5.91 Å². The van der Waals surface area contributed by atoms with E-state index in [0.29, 0.717) is 24.7 Å². The Labute approximate surface area is 122 Å². The highest BCUT2D eigenvalue weighted by Crippen LogP contribution is 2.32. The van der Waals surface area contributed by atoms with Crippen LogP contribution in [-0.4, -0.2) is 30.9 Å². The first-order chi connectivity index (χ1) is 9.82. The fourth-order valence-electron chi connectivity index (χ4n) is 2.66. The smallest absolute Gasteiger partial charge is 0.387 e. The maximum Gasteiger partial charge on any atom is 0.416 e. The number of likely N-dealkylation sites (tertiary alicyclic amines) is 1. The highest BCUT2D eigenvalue weighted by molar-refractivity contribution is 6.00. The zero-order valence-electron chi connectivity index (χ0n) is 12.1. The number of halogens is 3. The molecule has 0 radical (unpaired) electrons. The van der Waals surface area contributed by atoms with E-state index in [1.54, 1.807) is 11.9 Å². The van der Waals surface area contributed by atoms with Crippen molar-refractivity contribution in [3.8, 4) is 0 Å². The van der Waals surface area contributed by atoms with E-state index >= 15 is 0 Å². The standard InChI is InChI=1S/C15H19F3N2O/c1-10-4-3-7-20(9-10)14(21)12-8-11(15(16,17)18)5-6-13(12)19-2/h5-6,8,10,19H,3-4,7,9H2,1-2H3. The van der Waals surface area contributed by atoms with Gasteiger partial charge in [-0.15, -0.1) is 0 Å². The molecule has 6 heteroatoms. The van der Waals surface area contributed by atoms with Gasteiger partial charge in [0.05, 0.1) is 11.1 Å². The largest absolute Gasteiger partial charge is 0.416 e. The Hall–Kier alpha value is -1.72. The first-order valence-electron chi connectivity index (χ1n) is 7.01. The molecule has 0 aliphatic carbocycles. The fourth-order valence-corrected chi connectivity index (χ4v) is 2.66. The van der Waals surface area contributed by atoms with Gasteiger partial charge in [-0.05, 0) is 37.0 Å². The molecule has 21 heavy (non-hydrogen) atoms. The number of hydrogen-bond acceptors (Lipinski definition) is 2. The molecule has 1 heterocycles. The zero-order chi connectivity index (χ0) is 15.6. The number of rotatable bonds is 2. The van der Waals surface area contributed by atoms with Gasteiger partial charge in [0.2, 0.25) is 0 Å². The molecule has 2 rings (SSSR count). The van der Waals surface area contributed by atoms with Crippen LogP contribution in [0.4, 0.5) is 18.9 Å². The van der Waals surface area contributed by atoms with Crippen molar-refractivity contribution >= 4 is 11.6 Å². The average Bonchev–Trinajstić information content (AvgIpc) is 2.44. The number of nitrogens with one attached hydrogen (secondary N) is 1. The number of benzene rings is 1. The van der Waals surface area contributed by atoms with E-state index in [4.69, 9.17) is 0 Å². The number of anilines is 1. The number of hydrogen-bond donors (Lipinski definition) is 1. The molecule has 1 aromatic rings. The van der Waals surface area contributed by atoms with Gasteiger partial charge >= 0.3 is 6.18 Å². The van der Waals surface area contributed by atoms with Crippen LogP contribution in [0.3, 0.4) is 0 Å². The summed E-state index contributed by atoms with van der Waals surface area (Å²) in [5.41, 5.74) is -0.289. The summed E-state index contributed by atoms with van der Waals surface area (Å²) in [6, 6.07) is 3.23. The minimum absolute atomic E-state index is 0.0847. The van der Waals surface area contributed by atoms with Crippen molar-refractivity contribution in [3.63, 3.8) is 0 Å². The Morgan fingerprint density at radius 3 is 2.67 bits per heavy atom. The highest BCUT2D eigenvalue weighted by atomic mass is 19.4. The number of carbonyl (C=O) groups excluding carboxylic acids is 1. The van der Waals surface area contributed by atoms with Gasteiger partial charge in [0.15, 0.2) is 0 Å². The van der Waals surface area contributed by atoms with Gasteiger partial charge < -0.3 is 10.2 Å². The summed E-state index contributed by atoms with van der Waals surface area (Å²) in [5.74, 6) is 0.0449. The van der Waals surface area contributed by atoms with E-state index in [2.05, 4.69) is 5.32 Å². The Bertz CT molecular complexity index is 528. The number of carbonyl (C=O) groups is 1. The quantitative estimate of drug-likeness (QED) is 0.904. The lowest BCUT2D eigenvalue weighted by Crippen LogP contribution is -2.39. The summed E-state index contributed by atoms with van der Waals surface area (Å²) >= 11 is 0. The number of nitrogens with zero attached hydrogens (tertiary/aromatic N) is 1. The fraction of sp³-hybridized carbons (Fsp3) is 0.533. The molecule has 1 unspecified atom stereocenters. The molecule has 1 N–H and O–H groups in total. The predicted octanol–water partition coefficient (Wildman–Crippen LogP) is 3.62. The number of amides is 1. The third kappa shape index (κ3) is 3.49. The molecule has 1 atom stereocenters. The van der Waals surface area contributed by atoms with Gasteiger partial charge in [0, 0.05) is 25.8 Å². The zero-order valence-corrected chi connectivity index (χ0v) is 12.1. The van der Waals surface area contributed by atoms with E-state index in [1.807, 2.05) is 6.92 Å². The molecule has 3 nitrogen and oxygen atoms in total. The Balaban J connectivity index is 2.34. The summed E-state index contributed by atoms with van der Waals surface area (Å²) in [4.78, 5) is 14.2. The Morgan fingerprint density at radius 1 is 1.38 bits per heavy atom. The molecule has 1 saturated heterocycles. The molecule has 0 spiro atoms. The normalized spacial score (nSPS) is 19.5. The maximum atomic E-state index is 12.8. The Morgan fingerprint density at radius 2 is 2.10 bits per heavy atom. The van der Waals surface area contributed by atoms with Crippen LogP contribution in [0.25, 0.3) is 0 Å². The lowest BCUT2D eigenvalue weighted by Gasteiger charge is -2.31. The topological polar surface area (TPSA) is 32.3 Å². The first kappa shape index (κ1) is 15.7. The van der Waals surface area contributed by atoms with Crippen molar-refractivity contribution in [1.29, 1.82) is 0 Å². The number of piperidine rings is 1. The molecule has 1 amide bonds. The van der Waals surface area contributed by atoms with Gasteiger partial charge in [-0.25, -0.2) is 0 Å². The van der Waals surface area contributed by atoms with E-state index in [1.165, 1.54) is 6.07 Å². The van der Waals surface area contributed by atoms with Crippen LogP contribution >= 0.6 is 0 Å². The second-order valence-electron chi connectivity index (χ2n) is 5.51. The summed E-state index contributed by atoms with van der Waals surface area (Å²) in [5, 5.41) is 2.79. The maximum absolute atomic E-state index is 12.8. The van der Waals surface area contributed by atoms with Crippen molar-refractivity contribution < 1.29 is 18.0 Å². The van der Waals surface area contributed by atoms with Gasteiger partial charge in [0.1, 0.15) is 0 Å². The van der Waals surface area contributed by atoms with E-state index in [0.717, 1.165) is 25.0 Å². The molecule has 1 aromatic carbocycles. The molecule has 0 bridgehead atoms.